The van der Waals surface area contributed by atoms with Gasteiger partial charge in [-0.2, -0.15) is 5.10 Å². The quantitative estimate of drug-likeness (QED) is 0.827. The highest BCUT2D eigenvalue weighted by molar-refractivity contribution is 5.85. The molecule has 1 heterocycles. The standard InChI is InChI=1S/C8H13F2N3.ClH/c1-2-11-3-7-4-12-13(5-7)6-8(9)10;/h4-5,8,11H,2-3,6H2,1H3;1H. The van der Waals surface area contributed by atoms with E-state index in [0.29, 0.717) is 6.54 Å². The Morgan fingerprint density at radius 2 is 2.29 bits per heavy atom. The molecule has 0 spiro atoms. The second-order valence-electron chi connectivity index (χ2n) is 2.74. The third-order valence-corrected chi connectivity index (χ3v) is 1.59. The van der Waals surface area contributed by atoms with Crippen LogP contribution in [0.15, 0.2) is 12.4 Å². The molecule has 0 amide bonds. The molecular formula is C8H14ClF2N3. The summed E-state index contributed by atoms with van der Waals surface area (Å²) in [6, 6.07) is 0. The number of nitrogens with one attached hydrogen (secondary N) is 1. The molecule has 14 heavy (non-hydrogen) atoms. The average molecular weight is 226 g/mol. The molecule has 3 nitrogen and oxygen atoms in total. The van der Waals surface area contributed by atoms with Gasteiger partial charge in [-0.05, 0) is 6.54 Å². The van der Waals surface area contributed by atoms with Gasteiger partial charge < -0.3 is 5.32 Å². The Morgan fingerprint density at radius 3 is 2.86 bits per heavy atom. The van der Waals surface area contributed by atoms with Gasteiger partial charge in [0.05, 0.1) is 6.20 Å². The highest BCUT2D eigenvalue weighted by atomic mass is 35.5. The molecule has 0 atom stereocenters. The van der Waals surface area contributed by atoms with E-state index in [9.17, 15) is 8.78 Å². The first-order valence-electron chi connectivity index (χ1n) is 4.22. The van der Waals surface area contributed by atoms with E-state index in [0.717, 1.165) is 12.1 Å². The predicted molar refractivity (Wildman–Crippen MR) is 52.9 cm³/mol. The molecule has 1 aromatic rings. The van der Waals surface area contributed by atoms with Crippen molar-refractivity contribution in [3.8, 4) is 0 Å². The lowest BCUT2D eigenvalue weighted by molar-refractivity contribution is 0.122. The van der Waals surface area contributed by atoms with Crippen LogP contribution in [0.1, 0.15) is 12.5 Å². The molecule has 0 aliphatic heterocycles. The van der Waals surface area contributed by atoms with Crippen molar-refractivity contribution in [2.24, 2.45) is 0 Å². The van der Waals surface area contributed by atoms with Crippen molar-refractivity contribution in [1.82, 2.24) is 15.1 Å². The van der Waals surface area contributed by atoms with Crippen LogP contribution < -0.4 is 5.32 Å². The van der Waals surface area contributed by atoms with Crippen LogP contribution in [0, 0.1) is 0 Å². The largest absolute Gasteiger partial charge is 0.313 e. The molecule has 6 heteroatoms. The van der Waals surface area contributed by atoms with Crippen molar-refractivity contribution in [2.75, 3.05) is 6.54 Å². The monoisotopic (exact) mass is 225 g/mol. The summed E-state index contributed by atoms with van der Waals surface area (Å²) in [6.45, 7) is 3.20. The summed E-state index contributed by atoms with van der Waals surface area (Å²) >= 11 is 0. The molecule has 0 fully saturated rings. The van der Waals surface area contributed by atoms with Gasteiger partial charge in [0, 0.05) is 18.3 Å². The van der Waals surface area contributed by atoms with Crippen LogP contribution in [-0.2, 0) is 13.1 Å². The zero-order valence-electron chi connectivity index (χ0n) is 7.91. The summed E-state index contributed by atoms with van der Waals surface area (Å²) in [5, 5.41) is 6.90. The van der Waals surface area contributed by atoms with Gasteiger partial charge in [0.25, 0.3) is 6.43 Å². The summed E-state index contributed by atoms with van der Waals surface area (Å²) in [4.78, 5) is 0. The first-order chi connectivity index (χ1) is 6.22. The van der Waals surface area contributed by atoms with Gasteiger partial charge >= 0.3 is 0 Å². The number of hydrogen-bond acceptors (Lipinski definition) is 2. The van der Waals surface area contributed by atoms with E-state index < -0.39 is 6.43 Å². The molecule has 0 radical (unpaired) electrons. The second-order valence-corrected chi connectivity index (χ2v) is 2.74. The third kappa shape index (κ3) is 4.53. The molecule has 0 bridgehead atoms. The van der Waals surface area contributed by atoms with Crippen LogP contribution >= 0.6 is 12.4 Å². The van der Waals surface area contributed by atoms with Crippen LogP contribution in [-0.4, -0.2) is 22.8 Å². The zero-order valence-corrected chi connectivity index (χ0v) is 8.73. The number of aromatic nitrogens is 2. The normalized spacial score (nSPS) is 10.3. The zero-order chi connectivity index (χ0) is 9.68. The number of nitrogens with zero attached hydrogens (tertiary/aromatic N) is 2. The molecular weight excluding hydrogens is 212 g/mol. The Morgan fingerprint density at radius 1 is 1.57 bits per heavy atom. The van der Waals surface area contributed by atoms with Gasteiger partial charge in [0.15, 0.2) is 0 Å². The number of hydrogen-bond donors (Lipinski definition) is 1. The van der Waals surface area contributed by atoms with Crippen molar-refractivity contribution >= 4 is 12.4 Å². The van der Waals surface area contributed by atoms with Gasteiger partial charge in [-0.3, -0.25) is 4.68 Å². The lowest BCUT2D eigenvalue weighted by atomic mass is 10.3. The molecule has 1 rings (SSSR count). The lowest BCUT2D eigenvalue weighted by Crippen LogP contribution is -2.11. The Labute approximate surface area is 87.9 Å². The van der Waals surface area contributed by atoms with Gasteiger partial charge in [-0.1, -0.05) is 6.92 Å². The Balaban J connectivity index is 0.00000169. The van der Waals surface area contributed by atoms with E-state index in [-0.39, 0.29) is 19.0 Å². The van der Waals surface area contributed by atoms with Gasteiger partial charge in [-0.25, -0.2) is 8.78 Å². The summed E-state index contributed by atoms with van der Waals surface area (Å²) < 4.78 is 25.1. The summed E-state index contributed by atoms with van der Waals surface area (Å²) in [5.74, 6) is 0. The fourth-order valence-corrected chi connectivity index (χ4v) is 1.01. The molecule has 1 aromatic heterocycles. The summed E-state index contributed by atoms with van der Waals surface area (Å²) in [7, 11) is 0. The molecule has 0 aliphatic carbocycles. The van der Waals surface area contributed by atoms with E-state index in [2.05, 4.69) is 10.4 Å². The molecule has 0 saturated heterocycles. The molecule has 82 valence electrons. The van der Waals surface area contributed by atoms with Gasteiger partial charge in [0.1, 0.15) is 6.54 Å². The first kappa shape index (κ1) is 13.3. The molecule has 1 N–H and O–H groups in total. The van der Waals surface area contributed by atoms with Crippen molar-refractivity contribution < 1.29 is 8.78 Å². The van der Waals surface area contributed by atoms with E-state index in [1.165, 1.54) is 4.68 Å². The predicted octanol–water partition coefficient (Wildman–Crippen LogP) is 1.68. The minimum atomic E-state index is -2.34. The third-order valence-electron chi connectivity index (χ3n) is 1.59. The van der Waals surface area contributed by atoms with Crippen molar-refractivity contribution in [3.05, 3.63) is 18.0 Å². The Kier molecular flexibility index (Phi) is 6.40. The van der Waals surface area contributed by atoms with E-state index >= 15 is 0 Å². The molecule has 0 saturated carbocycles. The maximum absolute atomic E-state index is 11.9. The van der Waals surface area contributed by atoms with Crippen LogP contribution in [0.3, 0.4) is 0 Å². The topological polar surface area (TPSA) is 29.9 Å². The first-order valence-corrected chi connectivity index (χ1v) is 4.22. The van der Waals surface area contributed by atoms with E-state index in [1.807, 2.05) is 6.92 Å². The molecule has 0 aliphatic rings. The van der Waals surface area contributed by atoms with Crippen LogP contribution in [0.2, 0.25) is 0 Å². The van der Waals surface area contributed by atoms with Crippen LogP contribution in [0.5, 0.6) is 0 Å². The Hall–Kier alpha value is -0.680. The second kappa shape index (κ2) is 6.73. The average Bonchev–Trinajstić information content (AvgIpc) is 2.48. The number of alkyl halides is 2. The van der Waals surface area contributed by atoms with Gasteiger partial charge in [0.2, 0.25) is 0 Å². The molecule has 0 unspecified atom stereocenters. The van der Waals surface area contributed by atoms with Gasteiger partial charge in [-0.15, -0.1) is 12.4 Å². The fourth-order valence-electron chi connectivity index (χ4n) is 1.01. The van der Waals surface area contributed by atoms with Crippen molar-refractivity contribution in [3.63, 3.8) is 0 Å². The Bertz CT molecular complexity index is 252. The molecule has 0 aromatic carbocycles. The maximum atomic E-state index is 11.9. The van der Waals surface area contributed by atoms with Crippen molar-refractivity contribution in [2.45, 2.75) is 26.4 Å². The summed E-state index contributed by atoms with van der Waals surface area (Å²) in [6.07, 6.45) is 0.895. The highest BCUT2D eigenvalue weighted by Gasteiger charge is 2.04. The maximum Gasteiger partial charge on any atom is 0.257 e. The number of rotatable bonds is 5. The van der Waals surface area contributed by atoms with Crippen molar-refractivity contribution in [1.29, 1.82) is 0 Å². The van der Waals surface area contributed by atoms with E-state index in [1.54, 1.807) is 12.4 Å². The smallest absolute Gasteiger partial charge is 0.257 e. The fraction of sp³-hybridized carbons (Fsp3) is 0.625. The van der Waals surface area contributed by atoms with Crippen LogP contribution in [0.4, 0.5) is 8.78 Å². The summed E-state index contributed by atoms with van der Waals surface area (Å²) in [5.41, 5.74) is 0.933. The van der Waals surface area contributed by atoms with Crippen LogP contribution in [0.25, 0.3) is 0 Å². The highest BCUT2D eigenvalue weighted by Crippen LogP contribution is 2.01. The minimum absolute atomic E-state index is 0. The number of halogens is 3. The van der Waals surface area contributed by atoms with E-state index in [4.69, 9.17) is 0 Å². The lowest BCUT2D eigenvalue weighted by Gasteiger charge is -1.98. The SMILES string of the molecule is CCNCc1cnn(CC(F)F)c1.Cl. The minimum Gasteiger partial charge on any atom is -0.313 e.